The van der Waals surface area contributed by atoms with Crippen molar-refractivity contribution in [1.29, 1.82) is 0 Å². The van der Waals surface area contributed by atoms with E-state index in [4.69, 9.17) is 4.98 Å². The summed E-state index contributed by atoms with van der Waals surface area (Å²) in [5.41, 5.74) is 5.76. The first kappa shape index (κ1) is 14.4. The molecule has 1 aliphatic heterocycles. The monoisotopic (exact) mass is 306 g/mol. The van der Waals surface area contributed by atoms with E-state index in [1.807, 2.05) is 24.0 Å². The Hall–Kier alpha value is -2.20. The van der Waals surface area contributed by atoms with Crippen LogP contribution >= 0.6 is 0 Å². The van der Waals surface area contributed by atoms with Gasteiger partial charge in [0.15, 0.2) is 0 Å². The highest BCUT2D eigenvalue weighted by Gasteiger charge is 2.13. The van der Waals surface area contributed by atoms with Crippen molar-refractivity contribution in [3.05, 3.63) is 47.7 Å². The summed E-state index contributed by atoms with van der Waals surface area (Å²) in [4.78, 5) is 7.37. The molecule has 4 nitrogen and oxygen atoms in total. The van der Waals surface area contributed by atoms with Crippen molar-refractivity contribution < 1.29 is 0 Å². The Labute approximate surface area is 136 Å². The normalized spacial score (nSPS) is 15.6. The van der Waals surface area contributed by atoms with Gasteiger partial charge in [0, 0.05) is 25.2 Å². The molecule has 0 bridgehead atoms. The lowest BCUT2D eigenvalue weighted by Crippen LogP contribution is -2.18. The molecule has 0 unspecified atom stereocenters. The third-order valence-electron chi connectivity index (χ3n) is 4.77. The summed E-state index contributed by atoms with van der Waals surface area (Å²) in [6, 6.07) is 10.9. The molecule has 23 heavy (non-hydrogen) atoms. The minimum Gasteiger partial charge on any atom is -0.299 e. The van der Waals surface area contributed by atoms with Crippen LogP contribution in [-0.4, -0.2) is 32.8 Å². The fourth-order valence-electron chi connectivity index (χ4n) is 3.50. The second-order valence-corrected chi connectivity index (χ2v) is 6.50. The van der Waals surface area contributed by atoms with Gasteiger partial charge in [-0.05, 0) is 68.2 Å². The highest BCUT2D eigenvalue weighted by molar-refractivity contribution is 5.85. The summed E-state index contributed by atoms with van der Waals surface area (Å²) in [5.74, 6) is 0. The third kappa shape index (κ3) is 2.75. The maximum absolute atomic E-state index is 4.84. The van der Waals surface area contributed by atoms with Gasteiger partial charge in [-0.25, -0.2) is 4.98 Å². The van der Waals surface area contributed by atoms with Crippen LogP contribution in [0.4, 0.5) is 0 Å². The first-order valence-electron chi connectivity index (χ1n) is 8.32. The lowest BCUT2D eigenvalue weighted by Gasteiger charge is -2.15. The zero-order chi connectivity index (χ0) is 15.8. The number of likely N-dealkylation sites (tertiary alicyclic amines) is 1. The summed E-state index contributed by atoms with van der Waals surface area (Å²) < 4.78 is 1.87. The number of hydrogen-bond donors (Lipinski definition) is 0. The van der Waals surface area contributed by atoms with E-state index < -0.39 is 0 Å². The predicted octanol–water partition coefficient (Wildman–Crippen LogP) is 3.54. The molecule has 1 aliphatic rings. The van der Waals surface area contributed by atoms with Crippen molar-refractivity contribution in [3.63, 3.8) is 0 Å². The number of fused-ring (bicyclic) bond motifs is 1. The van der Waals surface area contributed by atoms with Crippen LogP contribution in [0.2, 0.25) is 0 Å². The van der Waals surface area contributed by atoms with E-state index in [2.05, 4.69) is 41.2 Å². The van der Waals surface area contributed by atoms with Crippen molar-refractivity contribution in [2.24, 2.45) is 7.05 Å². The van der Waals surface area contributed by atoms with Crippen LogP contribution in [0.15, 0.2) is 36.5 Å². The Balaban J connectivity index is 1.72. The number of rotatable bonds is 3. The average Bonchev–Trinajstić information content (AvgIpc) is 3.19. The molecule has 3 heterocycles. The van der Waals surface area contributed by atoms with Crippen LogP contribution in [0.25, 0.3) is 22.3 Å². The maximum Gasteiger partial charge on any atom is 0.0893 e. The number of aromatic nitrogens is 3. The first-order chi connectivity index (χ1) is 11.2. The molecule has 1 aromatic carbocycles. The molecule has 0 saturated carbocycles. The van der Waals surface area contributed by atoms with E-state index in [9.17, 15) is 0 Å². The van der Waals surface area contributed by atoms with Crippen LogP contribution in [0.3, 0.4) is 0 Å². The van der Waals surface area contributed by atoms with Gasteiger partial charge in [0.1, 0.15) is 0 Å². The van der Waals surface area contributed by atoms with E-state index >= 15 is 0 Å². The second-order valence-electron chi connectivity index (χ2n) is 6.50. The second kappa shape index (κ2) is 5.78. The molecule has 4 rings (SSSR count). The number of pyridine rings is 1. The zero-order valence-electron chi connectivity index (χ0n) is 13.8. The van der Waals surface area contributed by atoms with Crippen LogP contribution in [-0.2, 0) is 13.6 Å². The Kier molecular flexibility index (Phi) is 3.62. The summed E-state index contributed by atoms with van der Waals surface area (Å²) in [7, 11) is 1.95. The molecule has 3 aromatic rings. The average molecular weight is 306 g/mol. The van der Waals surface area contributed by atoms with E-state index in [1.165, 1.54) is 42.4 Å². The van der Waals surface area contributed by atoms with Crippen molar-refractivity contribution in [2.45, 2.75) is 26.3 Å². The topological polar surface area (TPSA) is 34.0 Å². The largest absolute Gasteiger partial charge is 0.299 e. The van der Waals surface area contributed by atoms with Crippen molar-refractivity contribution >= 4 is 10.9 Å². The number of nitrogens with zero attached hydrogens (tertiary/aromatic N) is 4. The molecule has 0 aliphatic carbocycles. The van der Waals surface area contributed by atoms with Gasteiger partial charge in [0.25, 0.3) is 0 Å². The lowest BCUT2D eigenvalue weighted by atomic mass is 10.0. The van der Waals surface area contributed by atoms with E-state index in [0.717, 1.165) is 23.4 Å². The summed E-state index contributed by atoms with van der Waals surface area (Å²) in [5, 5.41) is 5.50. The minimum absolute atomic E-state index is 0.988. The lowest BCUT2D eigenvalue weighted by molar-refractivity contribution is 0.331. The molecule has 0 N–H and O–H groups in total. The first-order valence-corrected chi connectivity index (χ1v) is 8.32. The molecule has 118 valence electrons. The summed E-state index contributed by atoms with van der Waals surface area (Å²) >= 11 is 0. The van der Waals surface area contributed by atoms with Crippen LogP contribution in [0, 0.1) is 6.92 Å². The van der Waals surface area contributed by atoms with E-state index in [1.54, 1.807) is 0 Å². The standard InChI is InChI=1S/C19H22N4/c1-14-11-18(19-7-8-20-22(19)2)21-17-6-5-15(12-16(14)17)13-23-9-3-4-10-23/h5-8,11-12H,3-4,9-10,13H2,1-2H3. The fourth-order valence-corrected chi connectivity index (χ4v) is 3.50. The third-order valence-corrected chi connectivity index (χ3v) is 4.77. The van der Waals surface area contributed by atoms with Gasteiger partial charge in [0.05, 0.1) is 16.9 Å². The van der Waals surface area contributed by atoms with Crippen molar-refractivity contribution in [1.82, 2.24) is 19.7 Å². The van der Waals surface area contributed by atoms with Crippen LogP contribution < -0.4 is 0 Å². The van der Waals surface area contributed by atoms with Gasteiger partial charge >= 0.3 is 0 Å². The fraction of sp³-hybridized carbons (Fsp3) is 0.368. The molecular weight excluding hydrogens is 284 g/mol. The van der Waals surface area contributed by atoms with Gasteiger partial charge in [-0.2, -0.15) is 5.10 Å². The minimum atomic E-state index is 0.988. The van der Waals surface area contributed by atoms with Crippen LogP contribution in [0.1, 0.15) is 24.0 Å². The highest BCUT2D eigenvalue weighted by Crippen LogP contribution is 2.25. The SMILES string of the molecule is Cc1cc(-c2ccnn2C)nc2ccc(CN3CCCC3)cc12. The Morgan fingerprint density at radius 1 is 1.09 bits per heavy atom. The maximum atomic E-state index is 4.84. The van der Waals surface area contributed by atoms with Crippen LogP contribution in [0.5, 0.6) is 0 Å². The molecule has 2 aromatic heterocycles. The Morgan fingerprint density at radius 3 is 2.65 bits per heavy atom. The van der Waals surface area contributed by atoms with E-state index in [0.29, 0.717) is 0 Å². The van der Waals surface area contributed by atoms with Gasteiger partial charge in [-0.15, -0.1) is 0 Å². The van der Waals surface area contributed by atoms with Gasteiger partial charge in [-0.1, -0.05) is 6.07 Å². The predicted molar refractivity (Wildman–Crippen MR) is 93.2 cm³/mol. The number of aryl methyl sites for hydroxylation is 2. The molecule has 0 radical (unpaired) electrons. The molecule has 0 spiro atoms. The molecule has 0 amide bonds. The smallest absolute Gasteiger partial charge is 0.0893 e. The number of hydrogen-bond acceptors (Lipinski definition) is 3. The zero-order valence-corrected chi connectivity index (χ0v) is 13.8. The van der Waals surface area contributed by atoms with Crippen molar-refractivity contribution in [3.8, 4) is 11.4 Å². The Bertz CT molecular complexity index is 844. The van der Waals surface area contributed by atoms with Gasteiger partial charge < -0.3 is 0 Å². The summed E-state index contributed by atoms with van der Waals surface area (Å²) in [6.07, 6.45) is 4.49. The Morgan fingerprint density at radius 2 is 1.91 bits per heavy atom. The van der Waals surface area contributed by atoms with E-state index in [-0.39, 0.29) is 0 Å². The quantitative estimate of drug-likeness (QED) is 0.742. The van der Waals surface area contributed by atoms with Crippen molar-refractivity contribution in [2.75, 3.05) is 13.1 Å². The molecule has 1 saturated heterocycles. The molecule has 0 atom stereocenters. The van der Waals surface area contributed by atoms with Gasteiger partial charge in [0.2, 0.25) is 0 Å². The number of benzene rings is 1. The molecular formula is C19H22N4. The molecule has 4 heteroatoms. The molecule has 1 fully saturated rings. The summed E-state index contributed by atoms with van der Waals surface area (Å²) in [6.45, 7) is 5.69. The highest BCUT2D eigenvalue weighted by atomic mass is 15.3. The van der Waals surface area contributed by atoms with Gasteiger partial charge in [-0.3, -0.25) is 9.58 Å².